The lowest BCUT2D eigenvalue weighted by atomic mass is 10.2. The van der Waals surface area contributed by atoms with E-state index in [9.17, 15) is 9.36 Å². The van der Waals surface area contributed by atoms with Gasteiger partial charge in [0.2, 0.25) is 0 Å². The first kappa shape index (κ1) is 18.9. The Labute approximate surface area is 146 Å². The van der Waals surface area contributed by atoms with E-state index in [0.717, 1.165) is 10.6 Å². The molecule has 0 heterocycles. The average Bonchev–Trinajstić information content (AvgIpc) is 2.55. The second-order valence-electron chi connectivity index (χ2n) is 7.54. The van der Waals surface area contributed by atoms with E-state index in [0.29, 0.717) is 0 Å². The van der Waals surface area contributed by atoms with Crippen molar-refractivity contribution in [2.45, 2.75) is 44.7 Å². The van der Waals surface area contributed by atoms with Crippen LogP contribution < -0.4 is 10.6 Å². The first-order chi connectivity index (χ1) is 11.2. The smallest absolute Gasteiger partial charge is 0.153 e. The van der Waals surface area contributed by atoms with Crippen LogP contribution in [0.25, 0.3) is 0 Å². The van der Waals surface area contributed by atoms with E-state index >= 15 is 0 Å². The molecule has 2 aromatic carbocycles. The summed E-state index contributed by atoms with van der Waals surface area (Å²) in [6.45, 7) is 10.4. The third kappa shape index (κ3) is 3.63. The minimum atomic E-state index is -3.06. The number of carbonyl (C=O) groups is 1. The zero-order valence-corrected chi connectivity index (χ0v) is 17.1. The summed E-state index contributed by atoms with van der Waals surface area (Å²) in [5.41, 5.74) is -0.338. The molecule has 0 amide bonds. The molecule has 0 N–H and O–H groups in total. The van der Waals surface area contributed by atoms with Gasteiger partial charge in [-0.25, -0.2) is 0 Å². The van der Waals surface area contributed by atoms with E-state index in [4.69, 9.17) is 0 Å². The Morgan fingerprint density at radius 1 is 0.875 bits per heavy atom. The van der Waals surface area contributed by atoms with Gasteiger partial charge in [-0.05, 0) is 12.5 Å². The Hall–Kier alpha value is -1.44. The molecule has 0 saturated carbocycles. The summed E-state index contributed by atoms with van der Waals surface area (Å²) >= 11 is 0. The molecule has 128 valence electrons. The largest absolute Gasteiger partial charge is 0.313 e. The number of rotatable bonds is 6. The fourth-order valence-electron chi connectivity index (χ4n) is 3.17. The van der Waals surface area contributed by atoms with Crippen LogP contribution in [0.3, 0.4) is 0 Å². The Morgan fingerprint density at radius 2 is 1.25 bits per heavy atom. The summed E-state index contributed by atoms with van der Waals surface area (Å²) in [4.78, 5) is 12.7. The minimum Gasteiger partial charge on any atom is -0.313 e. The lowest BCUT2D eigenvalue weighted by Gasteiger charge is -2.37. The molecule has 0 bridgehead atoms. The molecule has 24 heavy (non-hydrogen) atoms. The van der Waals surface area contributed by atoms with Gasteiger partial charge in [-0.15, -0.1) is 0 Å². The molecule has 0 unspecified atom stereocenters. The van der Waals surface area contributed by atoms with E-state index in [-0.39, 0.29) is 11.3 Å². The Kier molecular flexibility index (Phi) is 5.67. The second kappa shape index (κ2) is 7.21. The maximum Gasteiger partial charge on any atom is 0.153 e. The van der Waals surface area contributed by atoms with Gasteiger partial charge in [-0.3, -0.25) is 4.79 Å². The van der Waals surface area contributed by atoms with Crippen molar-refractivity contribution in [1.29, 1.82) is 0 Å². The molecule has 2 nitrogen and oxygen atoms in total. The predicted molar refractivity (Wildman–Crippen MR) is 107 cm³/mol. The topological polar surface area (TPSA) is 34.1 Å². The van der Waals surface area contributed by atoms with Gasteiger partial charge in [0.25, 0.3) is 0 Å². The van der Waals surface area contributed by atoms with Crippen LogP contribution in [0.2, 0.25) is 25.2 Å². The van der Waals surface area contributed by atoms with Crippen LogP contribution in [0.5, 0.6) is 0 Å². The van der Waals surface area contributed by atoms with Gasteiger partial charge in [-0.1, -0.05) is 87.2 Å². The third-order valence-electron chi connectivity index (χ3n) is 4.93. The second-order valence-corrected chi connectivity index (χ2v) is 16.1. The Bertz CT molecular complexity index is 692. The van der Waals surface area contributed by atoms with Gasteiger partial charge in [0.05, 0.1) is 5.66 Å². The summed E-state index contributed by atoms with van der Waals surface area (Å²) in [5.74, 6) is 0.0287. The average molecular weight is 358 g/mol. The summed E-state index contributed by atoms with van der Waals surface area (Å²) in [6, 6.07) is 19.1. The van der Waals surface area contributed by atoms with Crippen LogP contribution in [0.4, 0.5) is 0 Å². The highest BCUT2D eigenvalue weighted by molar-refractivity contribution is 7.80. The van der Waals surface area contributed by atoms with E-state index in [2.05, 4.69) is 26.6 Å². The normalized spacial score (nSPS) is 14.9. The molecule has 0 spiro atoms. The predicted octanol–water partition coefficient (Wildman–Crippen LogP) is 4.69. The van der Waals surface area contributed by atoms with Crippen molar-refractivity contribution in [2.24, 2.45) is 0 Å². The Balaban J connectivity index is 2.74. The number of benzene rings is 2. The van der Waals surface area contributed by atoms with E-state index in [1.165, 1.54) is 0 Å². The molecule has 4 heteroatoms. The van der Waals surface area contributed by atoms with E-state index in [1.54, 1.807) is 6.92 Å². The van der Waals surface area contributed by atoms with Gasteiger partial charge in [0.15, 0.2) is 7.14 Å². The van der Waals surface area contributed by atoms with Crippen LogP contribution in [0, 0.1) is 0 Å². The SMILES string of the molecule is CC(=O)[C@@H]([C@H](C)[Si](C)(C)C)P(=O)(c1ccccc1)c1ccccc1. The van der Waals surface area contributed by atoms with Crippen LogP contribution >= 0.6 is 7.14 Å². The summed E-state index contributed by atoms with van der Waals surface area (Å²) in [6.07, 6.45) is 0. The molecule has 0 aromatic heterocycles. The van der Waals surface area contributed by atoms with E-state index < -0.39 is 20.9 Å². The number of carbonyl (C=O) groups excluding carboxylic acids is 1. The van der Waals surface area contributed by atoms with Crippen LogP contribution in [0.15, 0.2) is 60.7 Å². The first-order valence-corrected chi connectivity index (χ1v) is 13.8. The molecular weight excluding hydrogens is 331 g/mol. The maximum absolute atomic E-state index is 14.4. The molecule has 0 radical (unpaired) electrons. The Morgan fingerprint density at radius 3 is 1.54 bits per heavy atom. The summed E-state index contributed by atoms with van der Waals surface area (Å²) < 4.78 is 14.4. The monoisotopic (exact) mass is 358 g/mol. The highest BCUT2D eigenvalue weighted by atomic mass is 31.2. The van der Waals surface area contributed by atoms with Crippen LogP contribution in [-0.4, -0.2) is 19.5 Å². The third-order valence-corrected chi connectivity index (χ3v) is 12.0. The lowest BCUT2D eigenvalue weighted by Crippen LogP contribution is -2.42. The van der Waals surface area contributed by atoms with Gasteiger partial charge in [0.1, 0.15) is 5.78 Å². The number of hydrogen-bond acceptors (Lipinski definition) is 2. The summed E-state index contributed by atoms with van der Waals surface area (Å²) in [7, 11) is -4.71. The first-order valence-electron chi connectivity index (χ1n) is 8.40. The van der Waals surface area contributed by atoms with Gasteiger partial charge < -0.3 is 4.57 Å². The molecule has 0 aliphatic carbocycles. The van der Waals surface area contributed by atoms with Crippen LogP contribution in [-0.2, 0) is 9.36 Å². The lowest BCUT2D eigenvalue weighted by molar-refractivity contribution is -0.116. The molecule has 2 rings (SSSR count). The zero-order chi connectivity index (χ0) is 18.0. The standard InChI is InChI=1S/C20H27O2PSi/c1-16(21)20(17(2)24(3,4)5)23(22,18-12-8-6-9-13-18)19-14-10-7-11-15-19/h6-15,17,20H,1-5H3/t17-,20-/m0/s1. The molecule has 0 aliphatic heterocycles. The quantitative estimate of drug-likeness (QED) is 0.555. The molecule has 0 aliphatic rings. The van der Waals surface area contributed by atoms with Crippen molar-refractivity contribution in [3.63, 3.8) is 0 Å². The van der Waals surface area contributed by atoms with Crippen molar-refractivity contribution in [2.75, 3.05) is 0 Å². The van der Waals surface area contributed by atoms with Crippen molar-refractivity contribution >= 4 is 31.6 Å². The fraction of sp³-hybridized carbons (Fsp3) is 0.350. The van der Waals surface area contributed by atoms with Gasteiger partial charge in [0, 0.05) is 18.7 Å². The molecule has 2 aromatic rings. The minimum absolute atomic E-state index is 0.0287. The van der Waals surface area contributed by atoms with Gasteiger partial charge in [-0.2, -0.15) is 0 Å². The fourth-order valence-corrected chi connectivity index (χ4v) is 9.63. The van der Waals surface area contributed by atoms with E-state index in [1.807, 2.05) is 60.7 Å². The van der Waals surface area contributed by atoms with Crippen LogP contribution in [0.1, 0.15) is 13.8 Å². The number of ketones is 1. The molecule has 0 saturated heterocycles. The molecule has 0 fully saturated rings. The molecular formula is C20H27O2PSi. The highest BCUT2D eigenvalue weighted by Crippen LogP contribution is 2.55. The molecule has 2 atom stereocenters. The summed E-state index contributed by atoms with van der Waals surface area (Å²) in [5, 5.41) is 1.56. The zero-order valence-electron chi connectivity index (χ0n) is 15.2. The van der Waals surface area contributed by atoms with Gasteiger partial charge >= 0.3 is 0 Å². The number of hydrogen-bond donors (Lipinski definition) is 0. The maximum atomic E-state index is 14.4. The van der Waals surface area contributed by atoms with Crippen molar-refractivity contribution in [1.82, 2.24) is 0 Å². The number of Topliss-reactive ketones (excluding diaryl/α,β-unsaturated/α-hetero) is 1. The van der Waals surface area contributed by atoms with Crippen molar-refractivity contribution in [3.8, 4) is 0 Å². The highest BCUT2D eigenvalue weighted by Gasteiger charge is 2.46. The van der Waals surface area contributed by atoms with Crippen molar-refractivity contribution < 1.29 is 9.36 Å². The van der Waals surface area contributed by atoms with Crippen molar-refractivity contribution in [3.05, 3.63) is 60.7 Å².